The van der Waals surface area contributed by atoms with E-state index in [-0.39, 0.29) is 17.4 Å². The van der Waals surface area contributed by atoms with Gasteiger partial charge in [-0.05, 0) is 36.8 Å². The maximum absolute atomic E-state index is 13.4. The number of carbonyl (C=O) groups is 1. The first-order valence-corrected chi connectivity index (χ1v) is 6.64. The molecule has 0 amide bonds. The minimum atomic E-state index is -0.504. The summed E-state index contributed by atoms with van der Waals surface area (Å²) < 4.78 is 24.1. The van der Waals surface area contributed by atoms with E-state index in [0.717, 1.165) is 0 Å². The molecule has 0 heterocycles. The lowest BCUT2D eigenvalue weighted by Gasteiger charge is -2.11. The molecule has 0 N–H and O–H groups in total. The van der Waals surface area contributed by atoms with Gasteiger partial charge in [-0.15, -0.1) is 0 Å². The van der Waals surface area contributed by atoms with Crippen molar-refractivity contribution in [3.63, 3.8) is 0 Å². The fourth-order valence-corrected chi connectivity index (χ4v) is 1.95. The van der Waals surface area contributed by atoms with Gasteiger partial charge < -0.3 is 9.47 Å². The highest BCUT2D eigenvalue weighted by Gasteiger charge is 2.11. The Kier molecular flexibility index (Phi) is 4.81. The lowest BCUT2D eigenvalue weighted by atomic mass is 10.1. The van der Waals surface area contributed by atoms with Crippen LogP contribution in [0.15, 0.2) is 36.4 Å². The monoisotopic (exact) mass is 308 g/mol. The number of benzene rings is 2. The van der Waals surface area contributed by atoms with Crippen LogP contribution in [-0.2, 0) is 6.61 Å². The molecular formula is C16H14ClFO3. The van der Waals surface area contributed by atoms with Crippen LogP contribution in [-0.4, -0.2) is 12.9 Å². The molecule has 0 aliphatic carbocycles. The molecule has 0 saturated heterocycles. The van der Waals surface area contributed by atoms with Gasteiger partial charge in [-0.3, -0.25) is 4.79 Å². The van der Waals surface area contributed by atoms with Crippen molar-refractivity contribution in [2.45, 2.75) is 13.5 Å². The van der Waals surface area contributed by atoms with Gasteiger partial charge in [-0.25, -0.2) is 4.39 Å². The Hall–Kier alpha value is -2.07. The van der Waals surface area contributed by atoms with Gasteiger partial charge in [0.15, 0.2) is 5.78 Å². The number of rotatable bonds is 5. The lowest BCUT2D eigenvalue weighted by molar-refractivity contribution is 0.101. The Bertz CT molecular complexity index is 671. The Balaban J connectivity index is 2.21. The molecule has 3 nitrogen and oxygen atoms in total. The normalized spacial score (nSPS) is 10.3. The van der Waals surface area contributed by atoms with E-state index in [1.54, 1.807) is 24.3 Å². The fraction of sp³-hybridized carbons (Fsp3) is 0.188. The number of ketones is 1. The van der Waals surface area contributed by atoms with Crippen LogP contribution in [0.3, 0.4) is 0 Å². The zero-order chi connectivity index (χ0) is 15.4. The molecule has 21 heavy (non-hydrogen) atoms. The van der Waals surface area contributed by atoms with Crippen LogP contribution in [0.4, 0.5) is 4.39 Å². The highest BCUT2D eigenvalue weighted by atomic mass is 35.5. The molecule has 2 rings (SSSR count). The average Bonchev–Trinajstić information content (AvgIpc) is 2.48. The molecule has 5 heteroatoms. The molecule has 0 aliphatic rings. The van der Waals surface area contributed by atoms with E-state index in [1.165, 1.54) is 26.2 Å². The van der Waals surface area contributed by atoms with Gasteiger partial charge in [0.2, 0.25) is 0 Å². The van der Waals surface area contributed by atoms with Gasteiger partial charge in [-0.2, -0.15) is 0 Å². The molecule has 2 aromatic carbocycles. The third-order valence-corrected chi connectivity index (χ3v) is 3.25. The second-order valence-electron chi connectivity index (χ2n) is 4.46. The van der Waals surface area contributed by atoms with Crippen LogP contribution < -0.4 is 9.47 Å². The van der Waals surface area contributed by atoms with Crippen molar-refractivity contribution in [3.8, 4) is 11.5 Å². The van der Waals surface area contributed by atoms with Gasteiger partial charge in [0, 0.05) is 6.07 Å². The van der Waals surface area contributed by atoms with Crippen LogP contribution in [0.5, 0.6) is 11.5 Å². The van der Waals surface area contributed by atoms with E-state index in [1.807, 2.05) is 0 Å². The number of carbonyl (C=O) groups excluding carboxylic acids is 1. The predicted octanol–water partition coefficient (Wildman–Crippen LogP) is 4.27. The van der Waals surface area contributed by atoms with Crippen molar-refractivity contribution in [2.24, 2.45) is 0 Å². The van der Waals surface area contributed by atoms with Gasteiger partial charge in [0.1, 0.15) is 23.9 Å². The molecule has 0 bridgehead atoms. The summed E-state index contributed by atoms with van der Waals surface area (Å²) in [5, 5.41) is 0.0598. The minimum absolute atomic E-state index is 0.0598. The summed E-state index contributed by atoms with van der Waals surface area (Å²) in [4.78, 5) is 11.6. The summed E-state index contributed by atoms with van der Waals surface area (Å²) in [7, 11) is 1.53. The quantitative estimate of drug-likeness (QED) is 0.774. The second-order valence-corrected chi connectivity index (χ2v) is 4.86. The summed E-state index contributed by atoms with van der Waals surface area (Å²) in [6.45, 7) is 1.58. The van der Waals surface area contributed by atoms with Crippen molar-refractivity contribution in [3.05, 3.63) is 58.4 Å². The maximum Gasteiger partial charge on any atom is 0.163 e. The van der Waals surface area contributed by atoms with E-state index in [0.29, 0.717) is 22.6 Å². The Labute approximate surface area is 127 Å². The Morgan fingerprint density at radius 1 is 1.24 bits per heavy atom. The van der Waals surface area contributed by atoms with E-state index in [4.69, 9.17) is 21.1 Å². The molecular weight excluding hydrogens is 295 g/mol. The summed E-state index contributed by atoms with van der Waals surface area (Å²) in [6.07, 6.45) is 0. The van der Waals surface area contributed by atoms with Gasteiger partial charge >= 0.3 is 0 Å². The number of methoxy groups -OCH3 is 1. The van der Waals surface area contributed by atoms with Crippen LogP contribution >= 0.6 is 11.6 Å². The van der Waals surface area contributed by atoms with Crippen molar-refractivity contribution >= 4 is 17.4 Å². The summed E-state index contributed by atoms with van der Waals surface area (Å²) >= 11 is 5.63. The van der Waals surface area contributed by atoms with E-state index in [9.17, 15) is 9.18 Å². The van der Waals surface area contributed by atoms with Crippen LogP contribution in [0.2, 0.25) is 5.02 Å². The van der Waals surface area contributed by atoms with Crippen LogP contribution in [0, 0.1) is 5.82 Å². The standard InChI is InChI=1S/C16H14ClFO3/c1-10(19)13-5-4-12(20-2)8-16(13)21-9-11-3-6-14(17)15(18)7-11/h3-8H,9H2,1-2H3. The summed E-state index contributed by atoms with van der Waals surface area (Å²) in [5.74, 6) is 0.361. The van der Waals surface area contributed by atoms with E-state index < -0.39 is 5.82 Å². The smallest absolute Gasteiger partial charge is 0.163 e. The van der Waals surface area contributed by atoms with E-state index in [2.05, 4.69) is 0 Å². The van der Waals surface area contributed by atoms with Gasteiger partial charge in [-0.1, -0.05) is 17.7 Å². The first-order valence-electron chi connectivity index (χ1n) is 6.27. The molecule has 110 valence electrons. The summed E-state index contributed by atoms with van der Waals surface area (Å²) in [5.41, 5.74) is 1.07. The lowest BCUT2D eigenvalue weighted by Crippen LogP contribution is -2.02. The first-order chi connectivity index (χ1) is 10.0. The van der Waals surface area contributed by atoms with E-state index >= 15 is 0 Å². The number of hydrogen-bond donors (Lipinski definition) is 0. The largest absolute Gasteiger partial charge is 0.497 e. The van der Waals surface area contributed by atoms with Gasteiger partial charge in [0.25, 0.3) is 0 Å². The average molecular weight is 309 g/mol. The van der Waals surface area contributed by atoms with Crippen LogP contribution in [0.25, 0.3) is 0 Å². The number of halogens is 2. The zero-order valence-corrected chi connectivity index (χ0v) is 12.4. The minimum Gasteiger partial charge on any atom is -0.497 e. The Morgan fingerprint density at radius 2 is 2.00 bits per heavy atom. The number of hydrogen-bond acceptors (Lipinski definition) is 3. The molecule has 0 aromatic heterocycles. The topological polar surface area (TPSA) is 35.5 Å². The molecule has 0 spiro atoms. The molecule has 0 fully saturated rings. The highest BCUT2D eigenvalue weighted by molar-refractivity contribution is 6.30. The third-order valence-electron chi connectivity index (χ3n) is 2.95. The predicted molar refractivity (Wildman–Crippen MR) is 78.7 cm³/mol. The zero-order valence-electron chi connectivity index (χ0n) is 11.7. The molecule has 2 aromatic rings. The summed E-state index contributed by atoms with van der Waals surface area (Å²) in [6, 6.07) is 9.38. The van der Waals surface area contributed by atoms with Crippen molar-refractivity contribution in [1.82, 2.24) is 0 Å². The number of Topliss-reactive ketones (excluding diaryl/α,β-unsaturated/α-hetero) is 1. The molecule has 0 atom stereocenters. The first kappa shape index (κ1) is 15.3. The number of ether oxygens (including phenoxy) is 2. The molecule has 0 aliphatic heterocycles. The Morgan fingerprint density at radius 3 is 2.62 bits per heavy atom. The highest BCUT2D eigenvalue weighted by Crippen LogP contribution is 2.26. The van der Waals surface area contributed by atoms with Crippen molar-refractivity contribution in [2.75, 3.05) is 7.11 Å². The second kappa shape index (κ2) is 6.59. The van der Waals surface area contributed by atoms with Gasteiger partial charge in [0.05, 0.1) is 17.7 Å². The molecule has 0 saturated carbocycles. The maximum atomic E-state index is 13.4. The fourth-order valence-electron chi connectivity index (χ4n) is 1.83. The van der Waals surface area contributed by atoms with Crippen molar-refractivity contribution in [1.29, 1.82) is 0 Å². The van der Waals surface area contributed by atoms with Crippen LogP contribution in [0.1, 0.15) is 22.8 Å². The van der Waals surface area contributed by atoms with Crippen molar-refractivity contribution < 1.29 is 18.7 Å². The molecule has 0 unspecified atom stereocenters. The SMILES string of the molecule is COc1ccc(C(C)=O)c(OCc2ccc(Cl)c(F)c2)c1. The third kappa shape index (κ3) is 3.73. The molecule has 0 radical (unpaired) electrons.